The first-order valence-corrected chi connectivity index (χ1v) is 6.49. The zero-order valence-electron chi connectivity index (χ0n) is 10.5. The maximum absolute atomic E-state index is 12.0. The first-order chi connectivity index (χ1) is 9.66. The predicted octanol–water partition coefficient (Wildman–Crippen LogP) is 2.94. The Kier molecular flexibility index (Phi) is 3.16. The van der Waals surface area contributed by atoms with Crippen LogP contribution in [0.25, 0.3) is 0 Å². The minimum absolute atomic E-state index is 0.239. The van der Waals surface area contributed by atoms with E-state index in [4.69, 9.17) is 11.6 Å². The van der Waals surface area contributed by atoms with Crippen LogP contribution in [0, 0.1) is 0 Å². The third kappa shape index (κ3) is 2.14. The largest absolute Gasteiger partial charge is 0.367 e. The number of nitrogens with zero attached hydrogens (tertiary/aromatic N) is 1. The lowest BCUT2D eigenvalue weighted by Crippen LogP contribution is -2.34. The Hall–Kier alpha value is -2.33. The molecule has 0 fully saturated rings. The first-order valence-electron chi connectivity index (χ1n) is 6.11. The van der Waals surface area contributed by atoms with Crippen LogP contribution in [0.2, 0.25) is 5.02 Å². The van der Waals surface area contributed by atoms with Crippen molar-refractivity contribution in [2.45, 2.75) is 0 Å². The lowest BCUT2D eigenvalue weighted by molar-refractivity contribution is -0.114. The van der Waals surface area contributed by atoms with E-state index in [2.05, 4.69) is 5.32 Å². The molecule has 1 N–H and O–H groups in total. The average molecular weight is 287 g/mol. The number of carbonyl (C=O) groups is 2. The molecule has 1 aliphatic heterocycles. The summed E-state index contributed by atoms with van der Waals surface area (Å²) in [6, 6.07) is 14.1. The summed E-state index contributed by atoms with van der Waals surface area (Å²) in [4.78, 5) is 25.2. The lowest BCUT2D eigenvalue weighted by atomic mass is 10.1. The quantitative estimate of drug-likeness (QED) is 0.883. The normalized spacial score (nSPS) is 13.6. The molecule has 2 aromatic carbocycles. The smallest absolute Gasteiger partial charge is 0.300 e. The fourth-order valence-electron chi connectivity index (χ4n) is 2.14. The minimum atomic E-state index is -0.507. The van der Waals surface area contributed by atoms with E-state index in [9.17, 15) is 9.59 Å². The fraction of sp³-hybridized carbons (Fsp3) is 0.0667. The molecule has 0 unspecified atom stereocenters. The van der Waals surface area contributed by atoms with E-state index < -0.39 is 11.7 Å². The summed E-state index contributed by atoms with van der Waals surface area (Å²) in [5.41, 5.74) is 1.93. The second-order valence-electron chi connectivity index (χ2n) is 4.42. The molecule has 1 aliphatic rings. The van der Waals surface area contributed by atoms with Crippen LogP contribution in [-0.2, 0) is 4.79 Å². The van der Waals surface area contributed by atoms with Gasteiger partial charge in [0.1, 0.15) is 0 Å². The molecule has 0 spiro atoms. The summed E-state index contributed by atoms with van der Waals surface area (Å²) in [5, 5.41) is 3.75. The zero-order valence-corrected chi connectivity index (χ0v) is 11.2. The monoisotopic (exact) mass is 286 g/mol. The maximum atomic E-state index is 12.0. The molecule has 3 rings (SSSR count). The first kappa shape index (κ1) is 12.7. The van der Waals surface area contributed by atoms with Crippen molar-refractivity contribution in [1.29, 1.82) is 0 Å². The maximum Gasteiger partial charge on any atom is 0.300 e. The minimum Gasteiger partial charge on any atom is -0.367 e. The van der Waals surface area contributed by atoms with Crippen LogP contribution in [0.1, 0.15) is 10.4 Å². The number of amides is 1. The summed E-state index contributed by atoms with van der Waals surface area (Å²) in [5.74, 6) is -0.967. The summed E-state index contributed by atoms with van der Waals surface area (Å²) >= 11 is 5.81. The summed E-state index contributed by atoms with van der Waals surface area (Å²) < 4.78 is 0. The van der Waals surface area contributed by atoms with Crippen molar-refractivity contribution in [2.24, 2.45) is 0 Å². The van der Waals surface area contributed by atoms with E-state index in [0.717, 1.165) is 5.69 Å². The van der Waals surface area contributed by atoms with E-state index in [-0.39, 0.29) is 6.67 Å². The summed E-state index contributed by atoms with van der Waals surface area (Å²) in [6.07, 6.45) is 0. The molecule has 0 aromatic heterocycles. The summed E-state index contributed by atoms with van der Waals surface area (Å²) in [7, 11) is 0. The van der Waals surface area contributed by atoms with E-state index >= 15 is 0 Å². The Morgan fingerprint density at radius 1 is 1.00 bits per heavy atom. The lowest BCUT2D eigenvalue weighted by Gasteiger charge is -2.17. The van der Waals surface area contributed by atoms with Crippen LogP contribution >= 0.6 is 11.6 Å². The number of carbonyl (C=O) groups excluding carboxylic acids is 2. The number of Topliss-reactive ketones (excluding diaryl/α,β-unsaturated/α-hetero) is 1. The van der Waals surface area contributed by atoms with Gasteiger partial charge in [0.2, 0.25) is 0 Å². The van der Waals surface area contributed by atoms with Gasteiger partial charge >= 0.3 is 5.91 Å². The van der Waals surface area contributed by atoms with Crippen LogP contribution in [0.4, 0.5) is 11.4 Å². The second-order valence-corrected chi connectivity index (χ2v) is 4.86. The Morgan fingerprint density at radius 2 is 1.70 bits per heavy atom. The number of rotatable bonds is 3. The van der Waals surface area contributed by atoms with Gasteiger partial charge in [-0.05, 0) is 36.4 Å². The van der Waals surface area contributed by atoms with Gasteiger partial charge in [-0.3, -0.25) is 14.5 Å². The summed E-state index contributed by atoms with van der Waals surface area (Å²) in [6.45, 7) is 0.239. The molecule has 1 amide bonds. The van der Waals surface area contributed by atoms with Crippen molar-refractivity contribution < 1.29 is 9.59 Å². The third-order valence-corrected chi connectivity index (χ3v) is 3.42. The van der Waals surface area contributed by atoms with Gasteiger partial charge in [-0.25, -0.2) is 0 Å². The Balaban J connectivity index is 1.79. The van der Waals surface area contributed by atoms with Crippen LogP contribution < -0.4 is 10.2 Å². The third-order valence-electron chi connectivity index (χ3n) is 3.16. The highest BCUT2D eigenvalue weighted by Crippen LogP contribution is 2.28. The molecule has 4 nitrogen and oxygen atoms in total. The molecule has 1 heterocycles. The predicted molar refractivity (Wildman–Crippen MR) is 78.2 cm³/mol. The van der Waals surface area contributed by atoms with Crippen LogP contribution in [0.15, 0.2) is 48.5 Å². The van der Waals surface area contributed by atoms with Crippen LogP contribution in [0.5, 0.6) is 0 Å². The molecule has 20 heavy (non-hydrogen) atoms. The van der Waals surface area contributed by atoms with E-state index in [1.807, 2.05) is 12.1 Å². The molecule has 0 saturated heterocycles. The molecule has 100 valence electrons. The molecule has 5 heteroatoms. The average Bonchev–Trinajstić information content (AvgIpc) is 2.71. The Labute approximate surface area is 121 Å². The highest BCUT2D eigenvalue weighted by atomic mass is 35.5. The van der Waals surface area contributed by atoms with Gasteiger partial charge in [-0.1, -0.05) is 23.7 Å². The molecular formula is C15H11ClN2O2. The van der Waals surface area contributed by atoms with Crippen molar-refractivity contribution >= 4 is 34.7 Å². The number of anilines is 2. The van der Waals surface area contributed by atoms with Crippen molar-refractivity contribution in [3.8, 4) is 0 Å². The number of hydrogen-bond donors (Lipinski definition) is 1. The number of para-hydroxylation sites is 1. The Morgan fingerprint density at radius 3 is 2.45 bits per heavy atom. The number of benzene rings is 2. The zero-order chi connectivity index (χ0) is 14.1. The van der Waals surface area contributed by atoms with E-state index in [0.29, 0.717) is 16.3 Å². The molecule has 0 atom stereocenters. The Bertz CT molecular complexity index is 683. The van der Waals surface area contributed by atoms with Gasteiger partial charge in [0.15, 0.2) is 0 Å². The molecular weight excluding hydrogens is 276 g/mol. The van der Waals surface area contributed by atoms with Gasteiger partial charge in [-0.15, -0.1) is 0 Å². The van der Waals surface area contributed by atoms with Gasteiger partial charge in [0, 0.05) is 10.7 Å². The molecule has 0 saturated carbocycles. The van der Waals surface area contributed by atoms with Crippen molar-refractivity contribution in [3.63, 3.8) is 0 Å². The number of halogens is 1. The molecule has 0 bridgehead atoms. The number of ketones is 1. The van der Waals surface area contributed by atoms with Crippen molar-refractivity contribution in [3.05, 3.63) is 59.1 Å². The molecule has 0 radical (unpaired) electrons. The number of nitrogens with one attached hydrogen (secondary N) is 1. The van der Waals surface area contributed by atoms with Crippen molar-refractivity contribution in [1.82, 2.24) is 0 Å². The van der Waals surface area contributed by atoms with E-state index in [1.165, 1.54) is 4.90 Å². The van der Waals surface area contributed by atoms with Crippen LogP contribution in [-0.4, -0.2) is 18.4 Å². The van der Waals surface area contributed by atoms with Gasteiger partial charge < -0.3 is 5.32 Å². The fourth-order valence-corrected chi connectivity index (χ4v) is 2.27. The van der Waals surface area contributed by atoms with Gasteiger partial charge in [0.25, 0.3) is 5.78 Å². The number of fused-ring (bicyclic) bond motifs is 1. The second kappa shape index (κ2) is 4.98. The van der Waals surface area contributed by atoms with Crippen LogP contribution in [0.3, 0.4) is 0 Å². The highest BCUT2D eigenvalue weighted by molar-refractivity contribution is 6.52. The highest BCUT2D eigenvalue weighted by Gasteiger charge is 2.34. The van der Waals surface area contributed by atoms with Gasteiger partial charge in [0.05, 0.1) is 17.9 Å². The SMILES string of the molecule is O=C1C(=O)N(CNc2ccc(Cl)cc2)c2ccccc21. The topological polar surface area (TPSA) is 49.4 Å². The van der Waals surface area contributed by atoms with E-state index in [1.54, 1.807) is 36.4 Å². The number of hydrogen-bond acceptors (Lipinski definition) is 3. The van der Waals surface area contributed by atoms with Gasteiger partial charge in [-0.2, -0.15) is 0 Å². The molecule has 0 aliphatic carbocycles. The standard InChI is InChI=1S/C15H11ClN2O2/c16-10-5-7-11(8-6-10)17-9-18-13-4-2-1-3-12(13)14(19)15(18)20/h1-8,17H,9H2. The molecule has 2 aromatic rings. The van der Waals surface area contributed by atoms with Crippen molar-refractivity contribution in [2.75, 3.05) is 16.9 Å².